The van der Waals surface area contributed by atoms with Crippen LogP contribution in [-0.4, -0.2) is 11.2 Å². The maximum atomic E-state index is 6.47. The number of hydrogen-bond acceptors (Lipinski definition) is 2. The summed E-state index contributed by atoms with van der Waals surface area (Å²) in [6, 6.07) is 5.76. The van der Waals surface area contributed by atoms with E-state index in [2.05, 4.69) is 43.6 Å². The quantitative estimate of drug-likeness (QED) is 0.842. The van der Waals surface area contributed by atoms with E-state index in [1.54, 1.807) is 0 Å². The molecule has 2 rings (SSSR count). The van der Waals surface area contributed by atoms with Gasteiger partial charge < -0.3 is 10.5 Å². The summed E-state index contributed by atoms with van der Waals surface area (Å²) in [5.74, 6) is 0.251. The molecule has 2 unspecified atom stereocenters. The maximum absolute atomic E-state index is 6.47. The topological polar surface area (TPSA) is 35.2 Å². The molecule has 0 aliphatic carbocycles. The molecule has 1 saturated heterocycles. The number of benzene rings is 1. The monoisotopic (exact) mass is 345 g/mol. The van der Waals surface area contributed by atoms with Crippen LogP contribution in [0.25, 0.3) is 0 Å². The summed E-state index contributed by atoms with van der Waals surface area (Å²) in [7, 11) is 0. The molecular weight excluding hydrogens is 326 g/mol. The van der Waals surface area contributed by atoms with Gasteiger partial charge in [-0.3, -0.25) is 0 Å². The number of rotatable bonds is 2. The van der Waals surface area contributed by atoms with Crippen molar-refractivity contribution in [1.29, 1.82) is 0 Å². The van der Waals surface area contributed by atoms with E-state index >= 15 is 0 Å². The minimum absolute atomic E-state index is 0.114. The summed E-state index contributed by atoms with van der Waals surface area (Å²) >= 11 is 9.74. The zero-order chi connectivity index (χ0) is 14.4. The van der Waals surface area contributed by atoms with Crippen molar-refractivity contribution in [3.05, 3.63) is 33.3 Å². The molecule has 0 saturated carbocycles. The van der Waals surface area contributed by atoms with Gasteiger partial charge in [0.05, 0.1) is 11.2 Å². The van der Waals surface area contributed by atoms with Gasteiger partial charge in [0.2, 0.25) is 0 Å². The van der Waals surface area contributed by atoms with Crippen molar-refractivity contribution >= 4 is 27.5 Å². The lowest BCUT2D eigenvalue weighted by atomic mass is 9.79. The predicted octanol–water partition coefficient (Wildman–Crippen LogP) is 4.70. The molecule has 1 aliphatic rings. The molecule has 106 valence electrons. The smallest absolute Gasteiger partial charge is 0.0680 e. The second-order valence-corrected chi connectivity index (χ2v) is 7.79. The van der Waals surface area contributed by atoms with Crippen LogP contribution in [0.4, 0.5) is 0 Å². The normalized spacial score (nSPS) is 26.4. The Morgan fingerprint density at radius 2 is 2.00 bits per heavy atom. The zero-order valence-corrected chi connectivity index (χ0v) is 14.2. The number of nitrogens with two attached hydrogens (primary N) is 1. The third-order valence-electron chi connectivity index (χ3n) is 3.90. The van der Waals surface area contributed by atoms with Crippen molar-refractivity contribution in [1.82, 2.24) is 0 Å². The molecule has 19 heavy (non-hydrogen) atoms. The van der Waals surface area contributed by atoms with Crippen LogP contribution in [-0.2, 0) is 4.74 Å². The lowest BCUT2D eigenvalue weighted by Gasteiger charge is -2.31. The Balaban J connectivity index is 2.31. The third-order valence-corrected chi connectivity index (χ3v) is 4.72. The number of halogens is 2. The van der Waals surface area contributed by atoms with E-state index in [0.29, 0.717) is 5.02 Å². The molecule has 0 spiro atoms. The van der Waals surface area contributed by atoms with Crippen molar-refractivity contribution in [2.75, 3.05) is 0 Å². The van der Waals surface area contributed by atoms with Gasteiger partial charge in [0.1, 0.15) is 0 Å². The lowest BCUT2D eigenvalue weighted by Crippen LogP contribution is -2.36. The predicted molar refractivity (Wildman–Crippen MR) is 83.4 cm³/mol. The first-order chi connectivity index (χ1) is 8.62. The SMILES string of the molecule is CC1(C)CC(C(N)c2ccc(Br)cc2Cl)C(C)(C)O1. The molecule has 1 aliphatic heterocycles. The average Bonchev–Trinajstić information content (AvgIpc) is 2.45. The molecular formula is C15H21BrClNO. The molecule has 1 fully saturated rings. The number of hydrogen-bond donors (Lipinski definition) is 1. The van der Waals surface area contributed by atoms with Crippen LogP contribution in [0.1, 0.15) is 45.7 Å². The van der Waals surface area contributed by atoms with Crippen LogP contribution in [0.15, 0.2) is 22.7 Å². The van der Waals surface area contributed by atoms with Gasteiger partial charge in [0.15, 0.2) is 0 Å². The standard InChI is InChI=1S/C15H21BrClNO/c1-14(2)8-11(15(3,4)19-14)13(18)10-6-5-9(16)7-12(10)17/h5-7,11,13H,8,18H2,1-4H3. The van der Waals surface area contributed by atoms with Gasteiger partial charge in [0.25, 0.3) is 0 Å². The van der Waals surface area contributed by atoms with Crippen molar-refractivity contribution in [2.24, 2.45) is 11.7 Å². The molecule has 2 nitrogen and oxygen atoms in total. The molecule has 0 radical (unpaired) electrons. The molecule has 0 amide bonds. The molecule has 1 heterocycles. The second kappa shape index (κ2) is 5.03. The minimum atomic E-state index is -0.237. The van der Waals surface area contributed by atoms with Crippen molar-refractivity contribution in [2.45, 2.75) is 51.4 Å². The van der Waals surface area contributed by atoms with Gasteiger partial charge in [0, 0.05) is 21.5 Å². The highest BCUT2D eigenvalue weighted by molar-refractivity contribution is 9.10. The average molecular weight is 347 g/mol. The molecule has 4 heteroatoms. The Morgan fingerprint density at radius 3 is 2.47 bits per heavy atom. The van der Waals surface area contributed by atoms with E-state index in [0.717, 1.165) is 16.5 Å². The third kappa shape index (κ3) is 3.15. The van der Waals surface area contributed by atoms with Crippen molar-refractivity contribution in [3.8, 4) is 0 Å². The molecule has 1 aromatic rings. The molecule has 1 aromatic carbocycles. The second-order valence-electron chi connectivity index (χ2n) is 6.47. The van der Waals surface area contributed by atoms with Crippen molar-refractivity contribution < 1.29 is 4.74 Å². The van der Waals surface area contributed by atoms with Crippen molar-refractivity contribution in [3.63, 3.8) is 0 Å². The summed E-state index contributed by atoms with van der Waals surface area (Å²) < 4.78 is 7.09. The van der Waals surface area contributed by atoms with Gasteiger partial charge in [-0.05, 0) is 51.8 Å². The Labute approximate surface area is 128 Å². The first kappa shape index (κ1) is 15.3. The highest BCUT2D eigenvalue weighted by atomic mass is 79.9. The van der Waals surface area contributed by atoms with Crippen LogP contribution in [0.2, 0.25) is 5.02 Å². The fourth-order valence-corrected chi connectivity index (χ4v) is 3.95. The Kier molecular flexibility index (Phi) is 4.05. The van der Waals surface area contributed by atoms with E-state index < -0.39 is 0 Å². The fraction of sp³-hybridized carbons (Fsp3) is 0.600. The first-order valence-corrected chi connectivity index (χ1v) is 7.70. The molecule has 0 bridgehead atoms. The Bertz CT molecular complexity index is 487. The first-order valence-electron chi connectivity index (χ1n) is 6.53. The Morgan fingerprint density at radius 1 is 1.37 bits per heavy atom. The highest BCUT2D eigenvalue weighted by Crippen LogP contribution is 2.47. The summed E-state index contributed by atoms with van der Waals surface area (Å²) in [5.41, 5.74) is 7.09. The summed E-state index contributed by atoms with van der Waals surface area (Å²) in [4.78, 5) is 0. The van der Waals surface area contributed by atoms with Gasteiger partial charge in [-0.15, -0.1) is 0 Å². The lowest BCUT2D eigenvalue weighted by molar-refractivity contribution is -0.0767. The van der Waals surface area contributed by atoms with E-state index in [9.17, 15) is 0 Å². The minimum Gasteiger partial charge on any atom is -0.369 e. The Hall–Kier alpha value is -0.0900. The van der Waals surface area contributed by atoms with E-state index in [4.69, 9.17) is 22.1 Å². The van der Waals surface area contributed by atoms with Gasteiger partial charge in [-0.25, -0.2) is 0 Å². The van der Waals surface area contributed by atoms with Gasteiger partial charge >= 0.3 is 0 Å². The van der Waals surface area contributed by atoms with Crippen LogP contribution < -0.4 is 5.73 Å². The van der Waals surface area contributed by atoms with E-state index in [-0.39, 0.29) is 23.2 Å². The van der Waals surface area contributed by atoms with Crippen LogP contribution in [0.3, 0.4) is 0 Å². The maximum Gasteiger partial charge on any atom is 0.0680 e. The summed E-state index contributed by atoms with van der Waals surface area (Å²) in [6.45, 7) is 8.45. The highest BCUT2D eigenvalue weighted by Gasteiger charge is 2.48. The fourth-order valence-electron chi connectivity index (χ4n) is 3.15. The zero-order valence-electron chi connectivity index (χ0n) is 11.8. The number of ether oxygens (including phenoxy) is 1. The van der Waals surface area contributed by atoms with E-state index in [1.807, 2.05) is 18.2 Å². The van der Waals surface area contributed by atoms with E-state index in [1.165, 1.54) is 0 Å². The molecule has 2 N–H and O–H groups in total. The summed E-state index contributed by atoms with van der Waals surface area (Å²) in [6.07, 6.45) is 0.938. The van der Waals surface area contributed by atoms with Crippen LogP contribution in [0.5, 0.6) is 0 Å². The van der Waals surface area contributed by atoms with Crippen LogP contribution >= 0.6 is 27.5 Å². The van der Waals surface area contributed by atoms with Crippen LogP contribution in [0, 0.1) is 5.92 Å². The van der Waals surface area contributed by atoms with Gasteiger partial charge in [-0.2, -0.15) is 0 Å². The largest absolute Gasteiger partial charge is 0.369 e. The summed E-state index contributed by atoms with van der Waals surface area (Å²) in [5, 5.41) is 0.711. The van der Waals surface area contributed by atoms with Gasteiger partial charge in [-0.1, -0.05) is 33.6 Å². The molecule has 2 atom stereocenters. The molecule has 0 aromatic heterocycles.